The van der Waals surface area contributed by atoms with Gasteiger partial charge >= 0.3 is 0 Å². The second-order valence-electron chi connectivity index (χ2n) is 5.86. The maximum atomic E-state index is 12.6. The number of carbonyl (C=O) groups is 2. The van der Waals surface area contributed by atoms with Crippen LogP contribution in [0.25, 0.3) is 0 Å². The number of hydrogen-bond donors (Lipinski definition) is 1. The molecule has 2 saturated heterocycles. The summed E-state index contributed by atoms with van der Waals surface area (Å²) >= 11 is 11.9. The van der Waals surface area contributed by atoms with Crippen LogP contribution < -0.4 is 5.32 Å². The van der Waals surface area contributed by atoms with Crippen LogP contribution in [0.3, 0.4) is 0 Å². The van der Waals surface area contributed by atoms with Crippen LogP contribution in [-0.4, -0.2) is 73.6 Å². The molecule has 2 amide bonds. The van der Waals surface area contributed by atoms with Crippen LogP contribution in [0.1, 0.15) is 10.4 Å². The lowest BCUT2D eigenvalue weighted by Gasteiger charge is -2.37. The molecule has 2 aliphatic rings. The van der Waals surface area contributed by atoms with Crippen molar-refractivity contribution in [3.8, 4) is 0 Å². The Kier molecular flexibility index (Phi) is 5.61. The number of nitrogens with one attached hydrogen (secondary N) is 1. The van der Waals surface area contributed by atoms with Crippen LogP contribution in [0.2, 0.25) is 10.0 Å². The lowest BCUT2D eigenvalue weighted by molar-refractivity contribution is -0.137. The van der Waals surface area contributed by atoms with Gasteiger partial charge in [-0.05, 0) is 18.2 Å². The average Bonchev–Trinajstić information content (AvgIpc) is 2.60. The Morgan fingerprint density at radius 3 is 2.25 bits per heavy atom. The first-order valence-corrected chi connectivity index (χ1v) is 8.65. The van der Waals surface area contributed by atoms with E-state index in [1.165, 1.54) is 0 Å². The highest BCUT2D eigenvalue weighted by molar-refractivity contribution is 6.35. The highest BCUT2D eigenvalue weighted by atomic mass is 35.5. The molecule has 0 bridgehead atoms. The van der Waals surface area contributed by atoms with Gasteiger partial charge in [-0.3, -0.25) is 9.59 Å². The predicted molar refractivity (Wildman–Crippen MR) is 91.6 cm³/mol. The average molecular weight is 372 g/mol. The molecule has 0 radical (unpaired) electrons. The molecule has 2 aliphatic heterocycles. The minimum Gasteiger partial charge on any atom is -0.378 e. The number of morpholine rings is 1. The minimum atomic E-state index is -0.285. The number of carbonyl (C=O) groups excluding carboxylic acids is 2. The molecule has 1 N–H and O–H groups in total. The third-order valence-corrected chi connectivity index (χ3v) is 4.64. The molecule has 3 rings (SSSR count). The molecule has 2 heterocycles. The molecular weight excluding hydrogens is 353 g/mol. The Morgan fingerprint density at radius 1 is 1.04 bits per heavy atom. The van der Waals surface area contributed by atoms with Crippen molar-refractivity contribution in [2.24, 2.45) is 0 Å². The van der Waals surface area contributed by atoms with Gasteiger partial charge in [0.1, 0.15) is 6.04 Å². The molecule has 0 spiro atoms. The summed E-state index contributed by atoms with van der Waals surface area (Å²) < 4.78 is 5.33. The largest absolute Gasteiger partial charge is 0.378 e. The number of ether oxygens (including phenoxy) is 1. The molecule has 0 aromatic heterocycles. The molecule has 0 saturated carbocycles. The molecule has 8 heteroatoms. The molecule has 1 aromatic carbocycles. The summed E-state index contributed by atoms with van der Waals surface area (Å²) in [6, 6.07) is 4.52. The summed E-state index contributed by atoms with van der Waals surface area (Å²) in [6.45, 7) is 3.72. The van der Waals surface area contributed by atoms with E-state index in [0.717, 1.165) is 0 Å². The molecule has 24 heavy (non-hydrogen) atoms. The van der Waals surface area contributed by atoms with E-state index in [-0.39, 0.29) is 17.9 Å². The fourth-order valence-corrected chi connectivity index (χ4v) is 3.46. The van der Waals surface area contributed by atoms with E-state index in [4.69, 9.17) is 27.9 Å². The van der Waals surface area contributed by atoms with Crippen molar-refractivity contribution in [3.63, 3.8) is 0 Å². The van der Waals surface area contributed by atoms with Gasteiger partial charge < -0.3 is 19.9 Å². The van der Waals surface area contributed by atoms with Crippen molar-refractivity contribution in [1.82, 2.24) is 15.1 Å². The van der Waals surface area contributed by atoms with E-state index < -0.39 is 0 Å². The van der Waals surface area contributed by atoms with Crippen molar-refractivity contribution in [2.45, 2.75) is 6.04 Å². The highest BCUT2D eigenvalue weighted by Gasteiger charge is 2.30. The Hall–Kier alpha value is -1.34. The standard InChI is InChI=1S/C16H19Cl2N3O3/c17-12-7-11(8-13(18)9-12)15(22)20-2-4-21(5-3-20)16(23)14-10-24-6-1-19-14/h7-9,14,19H,1-6,10H2. The van der Waals surface area contributed by atoms with Gasteiger partial charge in [0.25, 0.3) is 5.91 Å². The summed E-state index contributed by atoms with van der Waals surface area (Å²) in [5.41, 5.74) is 0.467. The van der Waals surface area contributed by atoms with Gasteiger partial charge in [-0.1, -0.05) is 23.2 Å². The van der Waals surface area contributed by atoms with Gasteiger partial charge in [0.05, 0.1) is 13.2 Å². The summed E-state index contributed by atoms with van der Waals surface area (Å²) in [5.74, 6) is -0.0850. The van der Waals surface area contributed by atoms with E-state index in [1.54, 1.807) is 28.0 Å². The SMILES string of the molecule is O=C(c1cc(Cl)cc(Cl)c1)N1CCN(C(=O)C2COCCN2)CC1. The Balaban J connectivity index is 1.58. The molecule has 0 aliphatic carbocycles. The van der Waals surface area contributed by atoms with Crippen molar-refractivity contribution >= 4 is 35.0 Å². The maximum absolute atomic E-state index is 12.6. The zero-order valence-corrected chi connectivity index (χ0v) is 14.6. The summed E-state index contributed by atoms with van der Waals surface area (Å²) in [6.07, 6.45) is 0. The number of benzene rings is 1. The van der Waals surface area contributed by atoms with E-state index >= 15 is 0 Å². The molecule has 2 fully saturated rings. The van der Waals surface area contributed by atoms with Crippen molar-refractivity contribution in [1.29, 1.82) is 0 Å². The Labute approximate surface area is 150 Å². The van der Waals surface area contributed by atoms with Gasteiger partial charge in [0, 0.05) is 48.3 Å². The molecule has 1 aromatic rings. The van der Waals surface area contributed by atoms with Gasteiger partial charge in [-0.25, -0.2) is 0 Å². The first-order valence-electron chi connectivity index (χ1n) is 7.90. The van der Waals surface area contributed by atoms with Crippen LogP contribution in [0.4, 0.5) is 0 Å². The van der Waals surface area contributed by atoms with E-state index in [2.05, 4.69) is 5.32 Å². The lowest BCUT2D eigenvalue weighted by Crippen LogP contribution is -2.57. The van der Waals surface area contributed by atoms with Crippen molar-refractivity contribution in [2.75, 3.05) is 45.9 Å². The van der Waals surface area contributed by atoms with E-state index in [9.17, 15) is 9.59 Å². The number of amides is 2. The zero-order chi connectivity index (χ0) is 17.1. The Morgan fingerprint density at radius 2 is 1.67 bits per heavy atom. The second-order valence-corrected chi connectivity index (χ2v) is 6.73. The normalized spacial score (nSPS) is 21.7. The summed E-state index contributed by atoms with van der Waals surface area (Å²) in [4.78, 5) is 28.5. The molecule has 130 valence electrons. The quantitative estimate of drug-likeness (QED) is 0.850. The van der Waals surface area contributed by atoms with Crippen molar-refractivity contribution < 1.29 is 14.3 Å². The first-order chi connectivity index (χ1) is 11.5. The first kappa shape index (κ1) is 17.5. The van der Waals surface area contributed by atoms with Crippen LogP contribution in [0, 0.1) is 0 Å². The summed E-state index contributed by atoms with van der Waals surface area (Å²) in [7, 11) is 0. The van der Waals surface area contributed by atoms with Crippen LogP contribution >= 0.6 is 23.2 Å². The molecule has 6 nitrogen and oxygen atoms in total. The van der Waals surface area contributed by atoms with E-state index in [1.807, 2.05) is 0 Å². The molecule has 1 atom stereocenters. The fraction of sp³-hybridized carbons (Fsp3) is 0.500. The zero-order valence-electron chi connectivity index (χ0n) is 13.1. The number of halogens is 2. The van der Waals surface area contributed by atoms with E-state index in [0.29, 0.717) is 61.5 Å². The van der Waals surface area contributed by atoms with Crippen LogP contribution in [0.5, 0.6) is 0 Å². The summed E-state index contributed by atoms with van der Waals surface area (Å²) in [5, 5.41) is 4.03. The number of rotatable bonds is 2. The monoisotopic (exact) mass is 371 g/mol. The third-order valence-electron chi connectivity index (χ3n) is 4.21. The predicted octanol–water partition coefficient (Wildman–Crippen LogP) is 1.27. The third kappa shape index (κ3) is 4.00. The number of piperazine rings is 1. The topological polar surface area (TPSA) is 61.9 Å². The van der Waals surface area contributed by atoms with Gasteiger partial charge in [-0.2, -0.15) is 0 Å². The maximum Gasteiger partial charge on any atom is 0.254 e. The minimum absolute atomic E-state index is 0.0348. The molecule has 1 unspecified atom stereocenters. The number of nitrogens with zero attached hydrogens (tertiary/aromatic N) is 2. The van der Waals surface area contributed by atoms with Crippen LogP contribution in [0.15, 0.2) is 18.2 Å². The van der Waals surface area contributed by atoms with Crippen LogP contribution in [-0.2, 0) is 9.53 Å². The Bertz CT molecular complexity index is 607. The van der Waals surface area contributed by atoms with Crippen molar-refractivity contribution in [3.05, 3.63) is 33.8 Å². The van der Waals surface area contributed by atoms with Gasteiger partial charge in [0.15, 0.2) is 0 Å². The fourth-order valence-electron chi connectivity index (χ4n) is 2.93. The second kappa shape index (κ2) is 7.70. The van der Waals surface area contributed by atoms with Gasteiger partial charge in [0.2, 0.25) is 5.91 Å². The van der Waals surface area contributed by atoms with Gasteiger partial charge in [-0.15, -0.1) is 0 Å². The number of hydrogen-bond acceptors (Lipinski definition) is 4. The highest BCUT2D eigenvalue weighted by Crippen LogP contribution is 2.20. The lowest BCUT2D eigenvalue weighted by atomic mass is 10.1. The smallest absolute Gasteiger partial charge is 0.254 e. The molecular formula is C16H19Cl2N3O3.